The van der Waals surface area contributed by atoms with E-state index in [1.165, 1.54) is 13.1 Å². The summed E-state index contributed by atoms with van der Waals surface area (Å²) < 4.78 is 20.0. The molecule has 0 aromatic carbocycles. The topological polar surface area (TPSA) is 123 Å². The summed E-state index contributed by atoms with van der Waals surface area (Å²) in [5.74, 6) is 0.636. The van der Waals surface area contributed by atoms with Crippen molar-refractivity contribution in [2.24, 2.45) is 11.7 Å². The number of rotatable bonds is 8. The lowest BCUT2D eigenvalue weighted by molar-refractivity contribution is 0.200. The number of nitrogens with zero attached hydrogens (tertiary/aromatic N) is 3. The summed E-state index contributed by atoms with van der Waals surface area (Å²) in [5, 5.41) is 10.8. The Morgan fingerprint density at radius 2 is 1.96 bits per heavy atom. The second-order valence-corrected chi connectivity index (χ2v) is 7.43. The predicted octanol–water partition coefficient (Wildman–Crippen LogP) is 3.80. The first-order valence-corrected chi connectivity index (χ1v) is 8.97. The molecule has 0 aliphatic rings. The van der Waals surface area contributed by atoms with Crippen molar-refractivity contribution in [3.05, 3.63) is 30.1 Å². The molecule has 0 bridgehead atoms. The highest BCUT2D eigenvalue weighted by Gasteiger charge is 2.23. The minimum absolute atomic E-state index is 0.0884. The van der Waals surface area contributed by atoms with Crippen LogP contribution in [0, 0.1) is 5.92 Å². The average molecular weight is 391 g/mol. The van der Waals surface area contributed by atoms with Gasteiger partial charge in [-0.05, 0) is 44.4 Å². The highest BCUT2D eigenvalue weighted by molar-refractivity contribution is 5.80. The van der Waals surface area contributed by atoms with Crippen LogP contribution >= 0.6 is 0 Å². The molecular weight excluding hydrogens is 365 g/mol. The maximum atomic E-state index is 14.2. The fourth-order valence-corrected chi connectivity index (χ4v) is 2.90. The summed E-state index contributed by atoms with van der Waals surface area (Å²) in [6.45, 7) is 7.64. The van der Waals surface area contributed by atoms with Gasteiger partial charge >= 0.3 is 6.09 Å². The van der Waals surface area contributed by atoms with Crippen LogP contribution in [0.1, 0.15) is 46.0 Å². The Morgan fingerprint density at radius 3 is 2.57 bits per heavy atom. The molecule has 1 amide bonds. The Hall–Kier alpha value is -2.81. The van der Waals surface area contributed by atoms with E-state index < -0.39 is 17.8 Å². The minimum atomic E-state index is -1.37. The van der Waals surface area contributed by atoms with Gasteiger partial charge in [0.25, 0.3) is 0 Å². The lowest BCUT2D eigenvalue weighted by atomic mass is 9.93. The van der Waals surface area contributed by atoms with E-state index in [2.05, 4.69) is 34.1 Å². The molecule has 2 aromatic heterocycles. The highest BCUT2D eigenvalue weighted by Crippen LogP contribution is 2.30. The van der Waals surface area contributed by atoms with E-state index in [0.717, 1.165) is 6.42 Å². The third kappa shape index (κ3) is 6.12. The van der Waals surface area contributed by atoms with Crippen LogP contribution in [-0.2, 0) is 0 Å². The number of pyridine rings is 1. The Balaban J connectivity index is 2.27. The largest absolute Gasteiger partial charge is 0.490 e. The molecule has 152 valence electrons. The van der Waals surface area contributed by atoms with Crippen LogP contribution in [-0.4, -0.2) is 38.3 Å². The first-order valence-electron chi connectivity index (χ1n) is 8.97. The molecule has 0 radical (unpaired) electrons. The van der Waals surface area contributed by atoms with E-state index in [1.54, 1.807) is 18.2 Å². The van der Waals surface area contributed by atoms with Crippen LogP contribution in [0.3, 0.4) is 0 Å². The third-order valence-corrected chi connectivity index (χ3v) is 3.83. The number of ether oxygens (including phenoxy) is 1. The van der Waals surface area contributed by atoms with E-state index >= 15 is 0 Å². The molecular formula is C19H26FN5O3. The first-order chi connectivity index (χ1) is 13.1. The summed E-state index contributed by atoms with van der Waals surface area (Å²) in [4.78, 5) is 23.0. The van der Waals surface area contributed by atoms with Gasteiger partial charge in [-0.25, -0.2) is 24.1 Å². The van der Waals surface area contributed by atoms with Gasteiger partial charge in [0, 0.05) is 11.7 Å². The first kappa shape index (κ1) is 21.5. The van der Waals surface area contributed by atoms with Crippen LogP contribution in [0.15, 0.2) is 24.4 Å². The number of hydrogen-bond donors (Lipinski definition) is 3. The maximum Gasteiger partial charge on any atom is 0.411 e. The van der Waals surface area contributed by atoms with Crippen LogP contribution in [0.25, 0.3) is 11.4 Å². The van der Waals surface area contributed by atoms with Crippen LogP contribution in [0.2, 0.25) is 0 Å². The molecule has 0 aliphatic carbocycles. The Bertz CT molecular complexity index is 827. The van der Waals surface area contributed by atoms with Gasteiger partial charge in [-0.2, -0.15) is 0 Å². The molecule has 0 saturated carbocycles. The SMILES string of the molecule is CC(C)CC(C)(N)COc1ccc(-c2ccnc(NC(=O)O)n2)nc1C(C)F. The maximum absolute atomic E-state index is 14.2. The van der Waals surface area contributed by atoms with Crippen molar-refractivity contribution in [2.75, 3.05) is 11.9 Å². The van der Waals surface area contributed by atoms with Gasteiger partial charge in [-0.15, -0.1) is 0 Å². The lowest BCUT2D eigenvalue weighted by Gasteiger charge is -2.27. The second kappa shape index (κ2) is 8.92. The Morgan fingerprint density at radius 1 is 1.29 bits per heavy atom. The number of anilines is 1. The summed E-state index contributed by atoms with van der Waals surface area (Å²) >= 11 is 0. The average Bonchev–Trinajstić information content (AvgIpc) is 2.58. The quantitative estimate of drug-likeness (QED) is 0.625. The number of nitrogens with two attached hydrogens (primary N) is 1. The molecule has 0 fully saturated rings. The second-order valence-electron chi connectivity index (χ2n) is 7.43. The summed E-state index contributed by atoms with van der Waals surface area (Å²) in [7, 11) is 0. The van der Waals surface area contributed by atoms with Gasteiger partial charge in [0.2, 0.25) is 5.95 Å². The van der Waals surface area contributed by atoms with Gasteiger partial charge < -0.3 is 15.6 Å². The molecule has 0 saturated heterocycles. The Kier molecular flexibility index (Phi) is 6.85. The number of carboxylic acid groups (broad SMARTS) is 1. The molecule has 2 atom stereocenters. The lowest BCUT2D eigenvalue weighted by Crippen LogP contribution is -2.43. The normalized spacial score (nSPS) is 14.4. The molecule has 2 heterocycles. The van der Waals surface area contributed by atoms with E-state index in [4.69, 9.17) is 15.6 Å². The molecule has 0 spiro atoms. The number of hydrogen-bond acceptors (Lipinski definition) is 6. The van der Waals surface area contributed by atoms with Crippen molar-refractivity contribution in [2.45, 2.75) is 45.8 Å². The number of halogens is 1. The van der Waals surface area contributed by atoms with Crippen molar-refractivity contribution >= 4 is 12.0 Å². The van der Waals surface area contributed by atoms with Gasteiger partial charge in [0.15, 0.2) is 0 Å². The molecule has 8 nitrogen and oxygen atoms in total. The van der Waals surface area contributed by atoms with Gasteiger partial charge in [-0.3, -0.25) is 5.32 Å². The Labute approximate surface area is 163 Å². The van der Waals surface area contributed by atoms with Crippen molar-refractivity contribution < 1.29 is 19.0 Å². The molecule has 0 aliphatic heterocycles. The molecule has 28 heavy (non-hydrogen) atoms. The molecule has 2 unspecified atom stereocenters. The smallest absolute Gasteiger partial charge is 0.411 e. The van der Waals surface area contributed by atoms with Crippen LogP contribution in [0.5, 0.6) is 5.75 Å². The van der Waals surface area contributed by atoms with Gasteiger partial charge in [0.05, 0.1) is 11.4 Å². The van der Waals surface area contributed by atoms with Crippen molar-refractivity contribution in [3.8, 4) is 17.1 Å². The standard InChI is InChI=1S/C19H26FN5O3/c1-11(2)9-19(4,21)10-28-15-6-5-13(23-16(15)12(3)20)14-7-8-22-17(24-14)25-18(26)27/h5-8,11-12H,9-10,21H2,1-4H3,(H,26,27)(H,22,24,25). The molecule has 2 aromatic rings. The van der Waals surface area contributed by atoms with E-state index in [9.17, 15) is 9.18 Å². The van der Waals surface area contributed by atoms with Gasteiger partial charge in [-0.1, -0.05) is 13.8 Å². The zero-order chi connectivity index (χ0) is 20.9. The molecule has 4 N–H and O–H groups in total. The molecule has 9 heteroatoms. The fourth-order valence-electron chi connectivity index (χ4n) is 2.90. The van der Waals surface area contributed by atoms with Crippen molar-refractivity contribution in [1.29, 1.82) is 0 Å². The molecule has 2 rings (SSSR count). The fraction of sp³-hybridized carbons (Fsp3) is 0.474. The van der Waals surface area contributed by atoms with E-state index in [-0.39, 0.29) is 18.2 Å². The zero-order valence-corrected chi connectivity index (χ0v) is 16.4. The van der Waals surface area contributed by atoms with Gasteiger partial charge in [0.1, 0.15) is 24.2 Å². The monoisotopic (exact) mass is 391 g/mol. The van der Waals surface area contributed by atoms with Crippen LogP contribution in [0.4, 0.5) is 15.1 Å². The number of amides is 1. The minimum Gasteiger partial charge on any atom is -0.490 e. The summed E-state index contributed by atoms with van der Waals surface area (Å²) in [6.07, 6.45) is -0.496. The summed E-state index contributed by atoms with van der Waals surface area (Å²) in [6, 6.07) is 4.80. The van der Waals surface area contributed by atoms with E-state index in [0.29, 0.717) is 23.1 Å². The number of nitrogens with one attached hydrogen (secondary N) is 1. The van der Waals surface area contributed by atoms with Crippen molar-refractivity contribution in [1.82, 2.24) is 15.0 Å². The predicted molar refractivity (Wildman–Crippen MR) is 104 cm³/mol. The van der Waals surface area contributed by atoms with Crippen LogP contribution < -0.4 is 15.8 Å². The third-order valence-electron chi connectivity index (χ3n) is 3.83. The van der Waals surface area contributed by atoms with E-state index in [1.807, 2.05) is 6.92 Å². The highest BCUT2D eigenvalue weighted by atomic mass is 19.1. The van der Waals surface area contributed by atoms with Crippen molar-refractivity contribution in [3.63, 3.8) is 0 Å². The zero-order valence-electron chi connectivity index (χ0n) is 16.4. The number of aromatic nitrogens is 3. The summed E-state index contributed by atoms with van der Waals surface area (Å²) in [5.41, 5.74) is 6.57. The number of carbonyl (C=O) groups is 1. The number of alkyl halides is 1.